The van der Waals surface area contributed by atoms with E-state index in [1.807, 2.05) is 24.3 Å². The molecule has 0 aliphatic heterocycles. The Morgan fingerprint density at radius 1 is 0.969 bits per heavy atom. The molecule has 1 aromatic heterocycles. The number of fused-ring (bicyclic) bond motifs is 1. The average Bonchev–Trinajstić information content (AvgIpc) is 3.21. The van der Waals surface area contributed by atoms with Crippen molar-refractivity contribution in [2.45, 2.75) is 6.42 Å². The van der Waals surface area contributed by atoms with E-state index in [4.69, 9.17) is 35.6 Å². The molecule has 1 aliphatic rings. The van der Waals surface area contributed by atoms with Gasteiger partial charge >= 0.3 is 0 Å². The van der Waals surface area contributed by atoms with Crippen LogP contribution in [0, 0.1) is 0 Å². The zero-order valence-electron chi connectivity index (χ0n) is 18.2. The second-order valence-electron chi connectivity index (χ2n) is 7.08. The summed E-state index contributed by atoms with van der Waals surface area (Å²) in [6.07, 6.45) is 6.41. The predicted molar refractivity (Wildman–Crippen MR) is 127 cm³/mol. The molecule has 1 heterocycles. The van der Waals surface area contributed by atoms with E-state index in [-0.39, 0.29) is 5.78 Å². The van der Waals surface area contributed by atoms with Crippen molar-refractivity contribution < 1.29 is 28.2 Å². The average molecular weight is 451 g/mol. The van der Waals surface area contributed by atoms with Crippen LogP contribution in [0.4, 0.5) is 0 Å². The maximum atomic E-state index is 13.8. The zero-order chi connectivity index (χ0) is 22.8. The van der Waals surface area contributed by atoms with Gasteiger partial charge in [0.15, 0.2) is 17.3 Å². The second-order valence-corrected chi connectivity index (χ2v) is 7.61. The maximum Gasteiger partial charge on any atom is 0.203 e. The minimum absolute atomic E-state index is 0.242. The van der Waals surface area contributed by atoms with Gasteiger partial charge in [0.1, 0.15) is 17.1 Å². The first-order chi connectivity index (χ1) is 15.5. The first-order valence-corrected chi connectivity index (χ1v) is 10.3. The molecule has 6 nitrogen and oxygen atoms in total. The molecule has 0 amide bonds. The van der Waals surface area contributed by atoms with Crippen molar-refractivity contribution in [1.82, 2.24) is 0 Å². The molecule has 32 heavy (non-hydrogen) atoms. The fourth-order valence-corrected chi connectivity index (χ4v) is 3.94. The van der Waals surface area contributed by atoms with Crippen molar-refractivity contribution in [3.05, 3.63) is 65.4 Å². The quantitative estimate of drug-likeness (QED) is 0.352. The number of hydrogen-bond donors (Lipinski definition) is 0. The number of thiocarbonyl (C=S) groups is 1. The Balaban J connectivity index is 1.95. The lowest BCUT2D eigenvalue weighted by Crippen LogP contribution is -2.06. The molecule has 0 fully saturated rings. The van der Waals surface area contributed by atoms with Gasteiger partial charge < -0.3 is 23.4 Å². The molecular formula is C25H22O6S. The fourth-order valence-electron chi connectivity index (χ4n) is 3.71. The summed E-state index contributed by atoms with van der Waals surface area (Å²) in [5.41, 5.74) is 2.09. The van der Waals surface area contributed by atoms with Gasteiger partial charge in [-0.25, -0.2) is 0 Å². The number of ketones is 1. The Hall–Kier alpha value is -3.58. The molecule has 0 N–H and O–H groups in total. The smallest absolute Gasteiger partial charge is 0.203 e. The van der Waals surface area contributed by atoms with Crippen molar-refractivity contribution >= 4 is 39.4 Å². The van der Waals surface area contributed by atoms with Crippen LogP contribution >= 0.6 is 12.2 Å². The molecule has 0 spiro atoms. The minimum atomic E-state index is -0.242. The highest BCUT2D eigenvalue weighted by molar-refractivity contribution is 7.80. The van der Waals surface area contributed by atoms with Crippen LogP contribution in [-0.2, 0) is 0 Å². The lowest BCUT2D eigenvalue weighted by molar-refractivity contribution is 0.103. The zero-order valence-corrected chi connectivity index (χ0v) is 19.0. The van der Waals surface area contributed by atoms with Crippen molar-refractivity contribution in [2.24, 2.45) is 0 Å². The molecule has 0 unspecified atom stereocenters. The van der Waals surface area contributed by atoms with E-state index < -0.39 is 0 Å². The Morgan fingerprint density at radius 3 is 2.28 bits per heavy atom. The molecule has 1 aliphatic carbocycles. The van der Waals surface area contributed by atoms with Crippen LogP contribution in [0.1, 0.15) is 28.1 Å². The highest BCUT2D eigenvalue weighted by atomic mass is 32.1. The molecule has 0 atom stereocenters. The number of furan rings is 1. The highest BCUT2D eigenvalue weighted by Crippen LogP contribution is 2.41. The summed E-state index contributed by atoms with van der Waals surface area (Å²) in [5, 5.41) is 0.672. The van der Waals surface area contributed by atoms with Gasteiger partial charge in [-0.15, -0.1) is 0 Å². The second kappa shape index (κ2) is 8.88. The molecular weight excluding hydrogens is 428 g/mol. The van der Waals surface area contributed by atoms with Gasteiger partial charge in [-0.3, -0.25) is 4.79 Å². The Bertz CT molecular complexity index is 1260. The lowest BCUT2D eigenvalue weighted by Gasteiger charge is -2.14. The van der Waals surface area contributed by atoms with Crippen molar-refractivity contribution in [3.63, 3.8) is 0 Å². The number of methoxy groups -OCH3 is 4. The van der Waals surface area contributed by atoms with Gasteiger partial charge in [-0.1, -0.05) is 24.4 Å². The van der Waals surface area contributed by atoms with Crippen LogP contribution in [-0.4, -0.2) is 39.1 Å². The molecule has 0 radical (unpaired) electrons. The van der Waals surface area contributed by atoms with Crippen molar-refractivity contribution in [1.29, 1.82) is 0 Å². The Labute approximate surface area is 191 Å². The lowest BCUT2D eigenvalue weighted by atomic mass is 9.95. The standard InChI is InChI=1S/C25H22O6S/c1-27-16-8-9-18-19(13-16)31-24(14-6-5-7-17(32)10-14)22(18)23(26)15-11-20(28-2)25(30-4)21(12-15)29-3/h5-6,8-13H,7H2,1-4H3. The third-order valence-corrected chi connectivity index (χ3v) is 5.53. The molecule has 3 aromatic rings. The van der Waals surface area contributed by atoms with E-state index >= 15 is 0 Å². The van der Waals surface area contributed by atoms with Gasteiger partial charge in [-0.05, 0) is 30.3 Å². The molecule has 7 heteroatoms. The first-order valence-electron chi connectivity index (χ1n) is 9.87. The highest BCUT2D eigenvalue weighted by Gasteiger charge is 2.27. The maximum absolute atomic E-state index is 13.8. The van der Waals surface area contributed by atoms with Crippen LogP contribution in [0.5, 0.6) is 23.0 Å². The topological polar surface area (TPSA) is 67.1 Å². The largest absolute Gasteiger partial charge is 0.497 e. The van der Waals surface area contributed by atoms with Crippen LogP contribution in [0.3, 0.4) is 0 Å². The summed E-state index contributed by atoms with van der Waals surface area (Å²) in [6.45, 7) is 0. The number of hydrogen-bond acceptors (Lipinski definition) is 7. The van der Waals surface area contributed by atoms with Crippen molar-refractivity contribution in [3.8, 4) is 23.0 Å². The molecule has 0 saturated heterocycles. The number of ether oxygens (including phenoxy) is 4. The van der Waals surface area contributed by atoms with Gasteiger partial charge in [-0.2, -0.15) is 0 Å². The summed E-state index contributed by atoms with van der Waals surface area (Å²) in [6, 6.07) is 8.63. The molecule has 0 saturated carbocycles. The van der Waals surface area contributed by atoms with Gasteiger partial charge in [0.05, 0.1) is 34.0 Å². The number of carbonyl (C=O) groups is 1. The summed E-state index contributed by atoms with van der Waals surface area (Å²) in [4.78, 5) is 14.6. The first kappa shape index (κ1) is 21.6. The van der Waals surface area contributed by atoms with E-state index in [0.29, 0.717) is 57.3 Å². The number of carbonyl (C=O) groups excluding carboxylic acids is 1. The van der Waals surface area contributed by atoms with E-state index in [9.17, 15) is 4.79 Å². The van der Waals surface area contributed by atoms with Crippen molar-refractivity contribution in [2.75, 3.05) is 28.4 Å². The predicted octanol–water partition coefficient (Wildman–Crippen LogP) is 5.41. The Kier molecular flexibility index (Phi) is 6.01. The van der Waals surface area contributed by atoms with Gasteiger partial charge in [0.25, 0.3) is 0 Å². The van der Waals surface area contributed by atoms with Crippen LogP contribution < -0.4 is 18.9 Å². The minimum Gasteiger partial charge on any atom is -0.497 e. The summed E-state index contributed by atoms with van der Waals surface area (Å²) in [7, 11) is 6.11. The van der Waals surface area contributed by atoms with Gasteiger partial charge in [0, 0.05) is 33.9 Å². The normalized spacial score (nSPS) is 13.1. The number of allylic oxidation sites excluding steroid dienone is 4. The summed E-state index contributed by atoms with van der Waals surface area (Å²) >= 11 is 5.38. The van der Waals surface area contributed by atoms with Crippen LogP contribution in [0.25, 0.3) is 16.5 Å². The van der Waals surface area contributed by atoms with Crippen LogP contribution in [0.2, 0.25) is 0 Å². The Morgan fingerprint density at radius 2 is 1.69 bits per heavy atom. The van der Waals surface area contributed by atoms with Gasteiger partial charge in [0.2, 0.25) is 5.75 Å². The molecule has 0 bridgehead atoms. The number of rotatable bonds is 7. The summed E-state index contributed by atoms with van der Waals surface area (Å²) in [5.74, 6) is 2.04. The molecule has 2 aromatic carbocycles. The summed E-state index contributed by atoms with van der Waals surface area (Å²) < 4.78 is 27.7. The van der Waals surface area contributed by atoms with E-state index in [1.54, 1.807) is 31.4 Å². The van der Waals surface area contributed by atoms with E-state index in [0.717, 1.165) is 10.4 Å². The molecule has 164 valence electrons. The number of benzene rings is 2. The van der Waals surface area contributed by atoms with E-state index in [1.165, 1.54) is 21.3 Å². The molecule has 4 rings (SSSR count). The third-order valence-electron chi connectivity index (χ3n) is 5.25. The monoisotopic (exact) mass is 450 g/mol. The SMILES string of the molecule is COc1ccc2c(C(=O)c3cc(OC)c(OC)c(OC)c3)c(C3=CC(=S)CC=C3)oc2c1. The fraction of sp³-hybridized carbons (Fsp3) is 0.200. The van der Waals surface area contributed by atoms with E-state index in [2.05, 4.69) is 0 Å². The van der Waals surface area contributed by atoms with Crippen LogP contribution in [0.15, 0.2) is 53.0 Å². The third kappa shape index (κ3) is 3.76.